The fraction of sp³-hybridized carbons (Fsp3) is 0.500. The molecule has 3 rings (SSSR count). The first-order valence-corrected chi connectivity index (χ1v) is 11.4. The SMILES string of the molecule is CCCCOc1cc(C(C)C)ccc(CN2CCN(c3ccccc3OC)CC2)c1=O. The van der Waals surface area contributed by atoms with Gasteiger partial charge in [-0.15, -0.1) is 0 Å². The highest BCUT2D eigenvalue weighted by Crippen LogP contribution is 2.28. The third-order valence-electron chi connectivity index (χ3n) is 5.90. The van der Waals surface area contributed by atoms with Crippen LogP contribution < -0.4 is 19.8 Å². The van der Waals surface area contributed by atoms with Gasteiger partial charge < -0.3 is 14.4 Å². The Morgan fingerprint density at radius 2 is 1.74 bits per heavy atom. The molecule has 168 valence electrons. The Hall–Kier alpha value is -2.53. The largest absolute Gasteiger partial charge is 0.495 e. The molecule has 0 saturated carbocycles. The monoisotopic (exact) mass is 424 g/mol. The van der Waals surface area contributed by atoms with Crippen LogP contribution in [0, 0.1) is 0 Å². The molecule has 0 bridgehead atoms. The Morgan fingerprint density at radius 3 is 2.42 bits per heavy atom. The van der Waals surface area contributed by atoms with Gasteiger partial charge >= 0.3 is 0 Å². The van der Waals surface area contributed by atoms with Gasteiger partial charge in [-0.05, 0) is 36.1 Å². The van der Waals surface area contributed by atoms with Crippen molar-refractivity contribution in [2.45, 2.75) is 46.1 Å². The standard InChI is InChI=1S/C26H36N2O3/c1-5-6-17-31-25-18-21(20(2)3)11-12-22(26(25)29)19-27-13-15-28(16-14-27)23-9-7-8-10-24(23)30-4/h7-12,18,20H,5-6,13-17,19H2,1-4H3. The topological polar surface area (TPSA) is 42.0 Å². The van der Waals surface area contributed by atoms with Gasteiger partial charge in [0.15, 0.2) is 5.75 Å². The zero-order valence-electron chi connectivity index (χ0n) is 19.4. The molecule has 2 aromatic rings. The summed E-state index contributed by atoms with van der Waals surface area (Å²) < 4.78 is 11.4. The first-order chi connectivity index (χ1) is 15.0. The van der Waals surface area contributed by atoms with E-state index in [1.807, 2.05) is 30.3 Å². The summed E-state index contributed by atoms with van der Waals surface area (Å²) in [6.07, 6.45) is 2.00. The van der Waals surface area contributed by atoms with Gasteiger partial charge in [-0.1, -0.05) is 51.5 Å². The van der Waals surface area contributed by atoms with E-state index in [1.54, 1.807) is 7.11 Å². The number of benzene rings is 1. The van der Waals surface area contributed by atoms with E-state index < -0.39 is 0 Å². The Morgan fingerprint density at radius 1 is 1.00 bits per heavy atom. The maximum absolute atomic E-state index is 13.2. The number of unbranched alkanes of at least 4 members (excludes halogenated alkanes) is 1. The first-order valence-electron chi connectivity index (χ1n) is 11.4. The number of hydrogen-bond acceptors (Lipinski definition) is 5. The molecule has 0 spiro atoms. The van der Waals surface area contributed by atoms with E-state index in [9.17, 15) is 4.79 Å². The molecule has 0 amide bonds. The third kappa shape index (κ3) is 6.01. The summed E-state index contributed by atoms with van der Waals surface area (Å²) in [6.45, 7) is 11.3. The normalized spacial score (nSPS) is 14.7. The molecule has 1 fully saturated rings. The van der Waals surface area contributed by atoms with E-state index in [2.05, 4.69) is 42.7 Å². The summed E-state index contributed by atoms with van der Waals surface area (Å²) in [4.78, 5) is 17.9. The fourth-order valence-corrected chi connectivity index (χ4v) is 3.89. The summed E-state index contributed by atoms with van der Waals surface area (Å²) >= 11 is 0. The number of anilines is 1. The Kier molecular flexibility index (Phi) is 8.35. The van der Waals surface area contributed by atoms with Crippen molar-refractivity contribution in [2.24, 2.45) is 0 Å². The molecule has 0 aliphatic carbocycles. The number of ether oxygens (including phenoxy) is 2. The van der Waals surface area contributed by atoms with Crippen LogP contribution >= 0.6 is 0 Å². The predicted molar refractivity (Wildman–Crippen MR) is 128 cm³/mol. The van der Waals surface area contributed by atoms with Crippen LogP contribution in [0.1, 0.15) is 50.7 Å². The lowest BCUT2D eigenvalue weighted by Gasteiger charge is -2.36. The minimum absolute atomic E-state index is 0.0233. The molecule has 0 radical (unpaired) electrons. The molecular formula is C26H36N2O3. The summed E-state index contributed by atoms with van der Waals surface area (Å²) in [5.41, 5.74) is 3.10. The van der Waals surface area contributed by atoms with Crippen LogP contribution in [-0.4, -0.2) is 44.8 Å². The molecule has 1 aliphatic heterocycles. The van der Waals surface area contributed by atoms with Crippen molar-refractivity contribution in [1.29, 1.82) is 0 Å². The fourth-order valence-electron chi connectivity index (χ4n) is 3.89. The lowest BCUT2D eigenvalue weighted by Crippen LogP contribution is -2.46. The van der Waals surface area contributed by atoms with Gasteiger partial charge in [0.25, 0.3) is 0 Å². The zero-order chi connectivity index (χ0) is 22.2. The molecule has 5 heteroatoms. The highest BCUT2D eigenvalue weighted by molar-refractivity contribution is 5.58. The van der Waals surface area contributed by atoms with Crippen molar-refractivity contribution in [3.8, 4) is 11.5 Å². The van der Waals surface area contributed by atoms with Crippen LogP contribution in [-0.2, 0) is 6.54 Å². The van der Waals surface area contributed by atoms with Crippen molar-refractivity contribution >= 4 is 5.69 Å². The predicted octanol–water partition coefficient (Wildman–Crippen LogP) is 4.68. The maximum atomic E-state index is 13.2. The van der Waals surface area contributed by atoms with Crippen LogP contribution in [0.5, 0.6) is 11.5 Å². The molecule has 0 unspecified atom stereocenters. The molecule has 31 heavy (non-hydrogen) atoms. The average Bonchev–Trinajstić information content (AvgIpc) is 2.94. The van der Waals surface area contributed by atoms with Gasteiger partial charge in [0, 0.05) is 38.3 Å². The number of nitrogens with zero attached hydrogens (tertiary/aromatic N) is 2. The zero-order valence-corrected chi connectivity index (χ0v) is 19.4. The van der Waals surface area contributed by atoms with Crippen LogP contribution in [0.2, 0.25) is 0 Å². The van der Waals surface area contributed by atoms with Gasteiger partial charge in [0.1, 0.15) is 5.75 Å². The van der Waals surface area contributed by atoms with Gasteiger partial charge in [-0.25, -0.2) is 0 Å². The molecule has 0 N–H and O–H groups in total. The van der Waals surface area contributed by atoms with Crippen LogP contribution in [0.15, 0.2) is 47.3 Å². The Balaban J connectivity index is 1.73. The van der Waals surface area contributed by atoms with E-state index in [0.717, 1.165) is 61.6 Å². The maximum Gasteiger partial charge on any atom is 0.224 e. The van der Waals surface area contributed by atoms with E-state index in [1.165, 1.54) is 0 Å². The first kappa shape index (κ1) is 23.1. The smallest absolute Gasteiger partial charge is 0.224 e. The molecular weight excluding hydrogens is 388 g/mol. The van der Waals surface area contributed by atoms with E-state index in [0.29, 0.717) is 24.8 Å². The van der Waals surface area contributed by atoms with Gasteiger partial charge in [-0.2, -0.15) is 0 Å². The van der Waals surface area contributed by atoms with E-state index in [4.69, 9.17) is 9.47 Å². The second-order valence-electron chi connectivity index (χ2n) is 8.49. The van der Waals surface area contributed by atoms with E-state index >= 15 is 0 Å². The van der Waals surface area contributed by atoms with Crippen LogP contribution in [0.3, 0.4) is 0 Å². The van der Waals surface area contributed by atoms with E-state index in [-0.39, 0.29) is 5.43 Å². The van der Waals surface area contributed by atoms with Crippen LogP contribution in [0.25, 0.3) is 0 Å². The second kappa shape index (κ2) is 11.2. The van der Waals surface area contributed by atoms with Crippen molar-refractivity contribution < 1.29 is 9.47 Å². The number of hydrogen-bond donors (Lipinski definition) is 0. The minimum atomic E-state index is 0.0233. The summed E-state index contributed by atoms with van der Waals surface area (Å²) in [7, 11) is 1.71. The lowest BCUT2D eigenvalue weighted by atomic mass is 10.1. The lowest BCUT2D eigenvalue weighted by molar-refractivity contribution is 0.247. The summed E-state index contributed by atoms with van der Waals surface area (Å²) in [6, 6.07) is 14.2. The number of methoxy groups -OCH3 is 1. The molecule has 0 atom stereocenters. The van der Waals surface area contributed by atoms with Gasteiger partial charge in [0.05, 0.1) is 19.4 Å². The minimum Gasteiger partial charge on any atom is -0.495 e. The average molecular weight is 425 g/mol. The summed E-state index contributed by atoms with van der Waals surface area (Å²) in [5, 5.41) is 0. The number of para-hydroxylation sites is 2. The van der Waals surface area contributed by atoms with Crippen molar-refractivity contribution in [3.63, 3.8) is 0 Å². The van der Waals surface area contributed by atoms with Crippen molar-refractivity contribution in [1.82, 2.24) is 4.90 Å². The highest BCUT2D eigenvalue weighted by atomic mass is 16.5. The van der Waals surface area contributed by atoms with Gasteiger partial charge in [-0.3, -0.25) is 9.69 Å². The van der Waals surface area contributed by atoms with Crippen molar-refractivity contribution in [2.75, 3.05) is 44.8 Å². The molecule has 2 aromatic carbocycles. The quantitative estimate of drug-likeness (QED) is 0.547. The van der Waals surface area contributed by atoms with Gasteiger partial charge in [0.2, 0.25) is 5.43 Å². The van der Waals surface area contributed by atoms with Crippen LogP contribution in [0.4, 0.5) is 5.69 Å². The number of rotatable bonds is 9. The molecule has 0 aromatic heterocycles. The second-order valence-corrected chi connectivity index (χ2v) is 8.49. The Bertz CT molecular complexity index is 905. The van der Waals surface area contributed by atoms with Crippen molar-refractivity contribution in [3.05, 3.63) is 63.8 Å². The molecule has 1 heterocycles. The summed E-state index contributed by atoms with van der Waals surface area (Å²) in [5.74, 6) is 1.74. The highest BCUT2D eigenvalue weighted by Gasteiger charge is 2.20. The number of piperazine rings is 1. The Labute approximate surface area is 186 Å². The molecule has 5 nitrogen and oxygen atoms in total. The molecule has 1 saturated heterocycles. The molecule has 1 aliphatic rings. The third-order valence-corrected chi connectivity index (χ3v) is 5.90.